The molecule has 0 spiro atoms. The summed E-state index contributed by atoms with van der Waals surface area (Å²) in [5.41, 5.74) is -0.618. The Hall–Kier alpha value is -0.530. The van der Waals surface area contributed by atoms with Gasteiger partial charge in [-0.3, -0.25) is 4.79 Å². The van der Waals surface area contributed by atoms with Gasteiger partial charge in [-0.2, -0.15) is 13.2 Å². The Morgan fingerprint density at radius 3 is 2.71 bits per heavy atom. The van der Waals surface area contributed by atoms with Gasteiger partial charge in [-0.15, -0.1) is 12.4 Å². The van der Waals surface area contributed by atoms with Crippen LogP contribution in [0, 0.1) is 11.3 Å². The number of ether oxygens (including phenoxy) is 1. The van der Waals surface area contributed by atoms with E-state index in [1.54, 1.807) is 0 Å². The number of hydrogen-bond acceptors (Lipinski definition) is 3. The van der Waals surface area contributed by atoms with E-state index in [0.717, 1.165) is 19.4 Å². The standard InChI is InChI=1S/C13H20F3NO3.ClH/c14-13(15,16)9-20-6-2-5-17-7-10-3-1-4-12(10,8-17)11(18)19;/h10H,1-9H2,(H,18,19);1H/t10-,12+;/m0./s1. The van der Waals surface area contributed by atoms with Crippen LogP contribution in [0.2, 0.25) is 0 Å². The lowest BCUT2D eigenvalue weighted by Gasteiger charge is -2.23. The van der Waals surface area contributed by atoms with E-state index in [4.69, 9.17) is 0 Å². The van der Waals surface area contributed by atoms with Crippen LogP contribution >= 0.6 is 12.4 Å². The van der Waals surface area contributed by atoms with Crippen LogP contribution in [0.1, 0.15) is 25.7 Å². The van der Waals surface area contributed by atoms with Crippen LogP contribution in [0.25, 0.3) is 0 Å². The molecule has 1 saturated heterocycles. The summed E-state index contributed by atoms with van der Waals surface area (Å²) < 4.78 is 40.2. The quantitative estimate of drug-likeness (QED) is 0.760. The molecule has 1 heterocycles. The highest BCUT2D eigenvalue weighted by atomic mass is 35.5. The first kappa shape index (κ1) is 18.5. The number of fused-ring (bicyclic) bond motifs is 1. The van der Waals surface area contributed by atoms with Crippen molar-refractivity contribution in [2.24, 2.45) is 11.3 Å². The normalized spacial score (nSPS) is 29.2. The molecule has 2 aliphatic rings. The second kappa shape index (κ2) is 7.15. The molecule has 21 heavy (non-hydrogen) atoms. The zero-order valence-corrected chi connectivity index (χ0v) is 12.5. The number of alkyl halides is 3. The molecule has 1 saturated carbocycles. The van der Waals surface area contributed by atoms with Gasteiger partial charge in [0, 0.05) is 26.2 Å². The zero-order chi connectivity index (χ0) is 14.8. The molecule has 0 aromatic carbocycles. The molecule has 0 aromatic rings. The van der Waals surface area contributed by atoms with Crippen LogP contribution in [0.5, 0.6) is 0 Å². The fourth-order valence-corrected chi connectivity index (χ4v) is 3.49. The van der Waals surface area contributed by atoms with Gasteiger partial charge in [0.15, 0.2) is 0 Å². The molecule has 1 N–H and O–H groups in total. The van der Waals surface area contributed by atoms with E-state index in [-0.39, 0.29) is 24.9 Å². The Balaban J connectivity index is 0.00000220. The minimum atomic E-state index is -4.28. The molecule has 0 radical (unpaired) electrons. The summed E-state index contributed by atoms with van der Waals surface area (Å²) in [6.45, 7) is 0.705. The minimum absolute atomic E-state index is 0. The Kier molecular flexibility index (Phi) is 6.31. The van der Waals surface area contributed by atoms with Crippen molar-refractivity contribution in [3.8, 4) is 0 Å². The Labute approximate surface area is 128 Å². The topological polar surface area (TPSA) is 49.8 Å². The Morgan fingerprint density at radius 1 is 1.43 bits per heavy atom. The second-order valence-electron chi connectivity index (χ2n) is 5.81. The Morgan fingerprint density at radius 2 is 2.14 bits per heavy atom. The van der Waals surface area contributed by atoms with Crippen LogP contribution in [-0.4, -0.2) is 55.0 Å². The third-order valence-electron chi connectivity index (χ3n) is 4.40. The van der Waals surface area contributed by atoms with Crippen LogP contribution in [-0.2, 0) is 9.53 Å². The number of rotatable bonds is 6. The fourth-order valence-electron chi connectivity index (χ4n) is 3.49. The number of halogens is 4. The van der Waals surface area contributed by atoms with Gasteiger partial charge in [-0.1, -0.05) is 6.42 Å². The van der Waals surface area contributed by atoms with Crippen molar-refractivity contribution in [3.63, 3.8) is 0 Å². The fraction of sp³-hybridized carbons (Fsp3) is 0.923. The lowest BCUT2D eigenvalue weighted by atomic mass is 9.81. The molecular weight excluding hydrogens is 311 g/mol. The van der Waals surface area contributed by atoms with Gasteiger partial charge < -0.3 is 14.7 Å². The summed E-state index contributed by atoms with van der Waals surface area (Å²) in [6, 6.07) is 0. The maximum absolute atomic E-state index is 11.9. The summed E-state index contributed by atoms with van der Waals surface area (Å²) in [5.74, 6) is -0.535. The maximum Gasteiger partial charge on any atom is 0.411 e. The van der Waals surface area contributed by atoms with Crippen molar-refractivity contribution in [2.45, 2.75) is 31.9 Å². The number of likely N-dealkylation sites (tertiary alicyclic amines) is 1. The summed E-state index contributed by atoms with van der Waals surface area (Å²) in [6.07, 6.45) is -1.17. The van der Waals surface area contributed by atoms with E-state index >= 15 is 0 Å². The first-order chi connectivity index (χ1) is 9.33. The summed E-state index contributed by atoms with van der Waals surface area (Å²) >= 11 is 0. The van der Waals surface area contributed by atoms with Crippen LogP contribution in [0.3, 0.4) is 0 Å². The highest BCUT2D eigenvalue weighted by Gasteiger charge is 2.54. The molecule has 2 rings (SSSR count). The van der Waals surface area contributed by atoms with E-state index in [1.165, 1.54) is 0 Å². The number of hydrogen-bond donors (Lipinski definition) is 1. The molecule has 4 nitrogen and oxygen atoms in total. The molecule has 0 amide bonds. The lowest BCUT2D eigenvalue weighted by molar-refractivity contribution is -0.174. The predicted molar refractivity (Wildman–Crippen MR) is 72.6 cm³/mol. The Bertz CT molecular complexity index is 367. The van der Waals surface area contributed by atoms with E-state index in [1.807, 2.05) is 0 Å². The minimum Gasteiger partial charge on any atom is -0.481 e. The van der Waals surface area contributed by atoms with Gasteiger partial charge in [0.05, 0.1) is 5.41 Å². The summed E-state index contributed by atoms with van der Waals surface area (Å²) in [7, 11) is 0. The molecule has 124 valence electrons. The third-order valence-corrected chi connectivity index (χ3v) is 4.40. The highest BCUT2D eigenvalue weighted by molar-refractivity contribution is 5.85. The second-order valence-corrected chi connectivity index (χ2v) is 5.81. The molecule has 0 aromatic heterocycles. The van der Waals surface area contributed by atoms with Gasteiger partial charge in [0.25, 0.3) is 0 Å². The number of carboxylic acids is 1. The molecule has 1 aliphatic carbocycles. The first-order valence-electron chi connectivity index (χ1n) is 6.94. The lowest BCUT2D eigenvalue weighted by Crippen LogP contribution is -2.36. The van der Waals surface area contributed by atoms with E-state index < -0.39 is 24.2 Å². The highest BCUT2D eigenvalue weighted by Crippen LogP contribution is 2.48. The molecule has 2 fully saturated rings. The van der Waals surface area contributed by atoms with Crippen molar-refractivity contribution < 1.29 is 27.8 Å². The molecular formula is C13H21ClF3NO3. The molecule has 0 unspecified atom stereocenters. The zero-order valence-electron chi connectivity index (χ0n) is 11.7. The molecule has 8 heteroatoms. The van der Waals surface area contributed by atoms with Gasteiger partial charge in [-0.05, 0) is 25.2 Å². The van der Waals surface area contributed by atoms with Crippen molar-refractivity contribution in [1.82, 2.24) is 4.90 Å². The smallest absolute Gasteiger partial charge is 0.411 e. The van der Waals surface area contributed by atoms with E-state index in [9.17, 15) is 23.1 Å². The number of carboxylic acid groups (broad SMARTS) is 1. The number of aliphatic carboxylic acids is 1. The number of carbonyl (C=O) groups is 1. The predicted octanol–water partition coefficient (Wildman–Crippen LogP) is 2.56. The van der Waals surface area contributed by atoms with Crippen molar-refractivity contribution >= 4 is 18.4 Å². The van der Waals surface area contributed by atoms with Crippen molar-refractivity contribution in [2.75, 3.05) is 32.8 Å². The van der Waals surface area contributed by atoms with Crippen LogP contribution < -0.4 is 0 Å². The average molecular weight is 332 g/mol. The summed E-state index contributed by atoms with van der Waals surface area (Å²) in [4.78, 5) is 13.5. The van der Waals surface area contributed by atoms with E-state index in [2.05, 4.69) is 9.64 Å². The molecule has 2 atom stereocenters. The third kappa shape index (κ3) is 4.47. The van der Waals surface area contributed by atoms with Crippen molar-refractivity contribution in [1.29, 1.82) is 0 Å². The van der Waals surface area contributed by atoms with E-state index in [0.29, 0.717) is 25.9 Å². The average Bonchev–Trinajstić information content (AvgIpc) is 2.84. The molecule has 0 bridgehead atoms. The maximum atomic E-state index is 11.9. The SMILES string of the molecule is Cl.O=C(O)[C@@]12CCC[C@H]1CN(CCCOCC(F)(F)F)C2. The molecule has 1 aliphatic heterocycles. The largest absolute Gasteiger partial charge is 0.481 e. The first-order valence-corrected chi connectivity index (χ1v) is 6.94. The number of nitrogens with zero attached hydrogens (tertiary/aromatic N) is 1. The van der Waals surface area contributed by atoms with Gasteiger partial charge in [0.1, 0.15) is 6.61 Å². The van der Waals surface area contributed by atoms with Crippen LogP contribution in [0.4, 0.5) is 13.2 Å². The van der Waals surface area contributed by atoms with Gasteiger partial charge in [0.2, 0.25) is 0 Å². The van der Waals surface area contributed by atoms with Gasteiger partial charge >= 0.3 is 12.1 Å². The van der Waals surface area contributed by atoms with Gasteiger partial charge in [-0.25, -0.2) is 0 Å². The monoisotopic (exact) mass is 331 g/mol. The van der Waals surface area contributed by atoms with Crippen LogP contribution in [0.15, 0.2) is 0 Å². The van der Waals surface area contributed by atoms with Crippen molar-refractivity contribution in [3.05, 3.63) is 0 Å². The summed E-state index contributed by atoms with van der Waals surface area (Å²) in [5, 5.41) is 9.41.